The third-order valence-corrected chi connectivity index (χ3v) is 3.92. The standard InChI is InChI=1S/C15H22F2N2O/c1-18-12-4-6-19(7-5-12)10-13(20)8-11-2-3-14(16)15(17)9-11/h2-3,9,12-13,18,20H,4-8,10H2,1H3/t13-/m0/s1. The summed E-state index contributed by atoms with van der Waals surface area (Å²) in [6, 6.07) is 4.35. The zero-order valence-corrected chi connectivity index (χ0v) is 11.8. The van der Waals surface area contributed by atoms with Gasteiger partial charge in [-0.1, -0.05) is 6.07 Å². The van der Waals surface area contributed by atoms with Crippen LogP contribution < -0.4 is 5.32 Å². The van der Waals surface area contributed by atoms with E-state index >= 15 is 0 Å². The van der Waals surface area contributed by atoms with Gasteiger partial charge in [-0.15, -0.1) is 0 Å². The number of likely N-dealkylation sites (tertiary alicyclic amines) is 1. The van der Waals surface area contributed by atoms with Gasteiger partial charge in [0.05, 0.1) is 6.10 Å². The van der Waals surface area contributed by atoms with E-state index in [-0.39, 0.29) is 0 Å². The molecule has 1 fully saturated rings. The van der Waals surface area contributed by atoms with Gasteiger partial charge in [0.2, 0.25) is 0 Å². The molecule has 3 nitrogen and oxygen atoms in total. The lowest BCUT2D eigenvalue weighted by atomic mass is 10.0. The van der Waals surface area contributed by atoms with Gasteiger partial charge in [-0.25, -0.2) is 8.78 Å². The summed E-state index contributed by atoms with van der Waals surface area (Å²) in [6.45, 7) is 2.50. The lowest BCUT2D eigenvalue weighted by Crippen LogP contribution is -2.44. The van der Waals surface area contributed by atoms with E-state index in [1.807, 2.05) is 7.05 Å². The van der Waals surface area contributed by atoms with Crippen molar-refractivity contribution in [3.8, 4) is 0 Å². The third-order valence-electron chi connectivity index (χ3n) is 3.92. The minimum atomic E-state index is -0.857. The minimum absolute atomic E-state index is 0.350. The maximum Gasteiger partial charge on any atom is 0.159 e. The molecule has 1 aromatic rings. The molecule has 0 aliphatic carbocycles. The molecule has 5 heteroatoms. The third kappa shape index (κ3) is 4.23. The van der Waals surface area contributed by atoms with Crippen molar-refractivity contribution in [3.05, 3.63) is 35.4 Å². The zero-order chi connectivity index (χ0) is 14.5. The molecular weight excluding hydrogens is 262 g/mol. The van der Waals surface area contributed by atoms with Crippen molar-refractivity contribution in [1.29, 1.82) is 0 Å². The molecule has 0 unspecified atom stereocenters. The Bertz CT molecular complexity index is 434. The summed E-state index contributed by atoms with van der Waals surface area (Å²) in [5.41, 5.74) is 0.626. The highest BCUT2D eigenvalue weighted by Gasteiger charge is 2.20. The van der Waals surface area contributed by atoms with E-state index in [4.69, 9.17) is 0 Å². The number of rotatable bonds is 5. The number of benzene rings is 1. The molecule has 1 aliphatic rings. The molecule has 1 atom stereocenters. The Morgan fingerprint density at radius 1 is 1.30 bits per heavy atom. The van der Waals surface area contributed by atoms with Gasteiger partial charge in [-0.05, 0) is 57.1 Å². The lowest BCUT2D eigenvalue weighted by Gasteiger charge is -2.33. The molecule has 1 saturated heterocycles. The molecule has 0 bridgehead atoms. The zero-order valence-electron chi connectivity index (χ0n) is 11.8. The highest BCUT2D eigenvalue weighted by Crippen LogP contribution is 2.13. The van der Waals surface area contributed by atoms with Crippen molar-refractivity contribution < 1.29 is 13.9 Å². The first kappa shape index (κ1) is 15.4. The highest BCUT2D eigenvalue weighted by molar-refractivity contribution is 5.18. The molecule has 2 rings (SSSR count). The number of hydrogen-bond donors (Lipinski definition) is 2. The van der Waals surface area contributed by atoms with Gasteiger partial charge >= 0.3 is 0 Å². The molecule has 1 heterocycles. The van der Waals surface area contributed by atoms with Crippen molar-refractivity contribution in [3.63, 3.8) is 0 Å². The van der Waals surface area contributed by atoms with Gasteiger partial charge < -0.3 is 15.3 Å². The Morgan fingerprint density at radius 2 is 2.00 bits per heavy atom. The molecular formula is C15H22F2N2O. The maximum atomic E-state index is 13.1. The first-order valence-corrected chi connectivity index (χ1v) is 7.10. The molecule has 20 heavy (non-hydrogen) atoms. The summed E-state index contributed by atoms with van der Waals surface area (Å²) in [5.74, 6) is -1.71. The monoisotopic (exact) mass is 284 g/mol. The average Bonchev–Trinajstić information content (AvgIpc) is 2.44. The predicted octanol–water partition coefficient (Wildman–Crippen LogP) is 1.55. The van der Waals surface area contributed by atoms with Gasteiger partial charge in [0.15, 0.2) is 11.6 Å². The summed E-state index contributed by atoms with van der Waals surface area (Å²) >= 11 is 0. The first-order valence-electron chi connectivity index (χ1n) is 7.10. The number of hydrogen-bond acceptors (Lipinski definition) is 3. The molecule has 1 aromatic carbocycles. The Labute approximate surface area is 118 Å². The number of β-amino-alcohol motifs (C(OH)–C–C–N with tert-alkyl or cyclic N) is 1. The fraction of sp³-hybridized carbons (Fsp3) is 0.600. The second kappa shape index (κ2) is 7.11. The van der Waals surface area contributed by atoms with Gasteiger partial charge in [0, 0.05) is 12.6 Å². The molecule has 112 valence electrons. The van der Waals surface area contributed by atoms with Crippen LogP contribution in [0.5, 0.6) is 0 Å². The van der Waals surface area contributed by atoms with Crippen molar-refractivity contribution >= 4 is 0 Å². The molecule has 0 saturated carbocycles. The van der Waals surface area contributed by atoms with Gasteiger partial charge in [-0.2, -0.15) is 0 Å². The quantitative estimate of drug-likeness (QED) is 0.861. The molecule has 0 spiro atoms. The first-order chi connectivity index (χ1) is 9.58. The Kier molecular flexibility index (Phi) is 5.46. The fourth-order valence-corrected chi connectivity index (χ4v) is 2.71. The number of nitrogens with one attached hydrogen (secondary N) is 1. The van der Waals surface area contributed by atoms with Crippen LogP contribution in [0.2, 0.25) is 0 Å². The van der Waals surface area contributed by atoms with Crippen molar-refractivity contribution in [1.82, 2.24) is 10.2 Å². The Morgan fingerprint density at radius 3 is 2.60 bits per heavy atom. The van der Waals surface area contributed by atoms with E-state index in [9.17, 15) is 13.9 Å². The highest BCUT2D eigenvalue weighted by atomic mass is 19.2. The Hall–Kier alpha value is -1.04. The van der Waals surface area contributed by atoms with E-state index < -0.39 is 17.7 Å². The summed E-state index contributed by atoms with van der Waals surface area (Å²) < 4.78 is 25.9. The SMILES string of the molecule is CNC1CCN(C[C@@H](O)Cc2ccc(F)c(F)c2)CC1. The maximum absolute atomic E-state index is 13.1. The smallest absolute Gasteiger partial charge is 0.159 e. The van der Waals surface area contributed by atoms with Gasteiger partial charge in [0.25, 0.3) is 0 Å². The number of aliphatic hydroxyl groups excluding tert-OH is 1. The van der Waals surface area contributed by atoms with Crippen molar-refractivity contribution in [2.75, 3.05) is 26.7 Å². The van der Waals surface area contributed by atoms with E-state index in [0.29, 0.717) is 24.6 Å². The van der Waals surface area contributed by atoms with Crippen molar-refractivity contribution in [2.45, 2.75) is 31.4 Å². The second-order valence-electron chi connectivity index (χ2n) is 5.47. The van der Waals surface area contributed by atoms with Crippen LogP contribution in [0.1, 0.15) is 18.4 Å². The minimum Gasteiger partial charge on any atom is -0.391 e. The van der Waals surface area contributed by atoms with Crippen LogP contribution in [-0.2, 0) is 6.42 Å². The van der Waals surface area contributed by atoms with E-state index in [2.05, 4.69) is 10.2 Å². The average molecular weight is 284 g/mol. The Balaban J connectivity index is 1.80. The summed E-state index contributed by atoms with van der Waals surface area (Å²) in [5, 5.41) is 13.3. The topological polar surface area (TPSA) is 35.5 Å². The molecule has 0 aromatic heterocycles. The van der Waals surface area contributed by atoms with Crippen LogP contribution >= 0.6 is 0 Å². The van der Waals surface area contributed by atoms with Crippen LogP contribution in [0.15, 0.2) is 18.2 Å². The van der Waals surface area contributed by atoms with Crippen LogP contribution in [0, 0.1) is 11.6 Å². The van der Waals surface area contributed by atoms with Crippen LogP contribution in [0.25, 0.3) is 0 Å². The van der Waals surface area contributed by atoms with Crippen LogP contribution in [0.4, 0.5) is 8.78 Å². The summed E-state index contributed by atoms with van der Waals surface area (Å²) in [6.07, 6.45) is 1.96. The van der Waals surface area contributed by atoms with Gasteiger partial charge in [0.1, 0.15) is 0 Å². The fourth-order valence-electron chi connectivity index (χ4n) is 2.71. The van der Waals surface area contributed by atoms with Crippen LogP contribution in [-0.4, -0.2) is 48.8 Å². The van der Waals surface area contributed by atoms with Gasteiger partial charge in [-0.3, -0.25) is 0 Å². The number of piperidine rings is 1. The molecule has 1 aliphatic heterocycles. The van der Waals surface area contributed by atoms with E-state index in [1.165, 1.54) is 6.07 Å². The molecule has 2 N–H and O–H groups in total. The largest absolute Gasteiger partial charge is 0.391 e. The van der Waals surface area contributed by atoms with Crippen molar-refractivity contribution in [2.24, 2.45) is 0 Å². The lowest BCUT2D eigenvalue weighted by molar-refractivity contribution is 0.0949. The van der Waals surface area contributed by atoms with E-state index in [0.717, 1.165) is 38.1 Å². The summed E-state index contributed by atoms with van der Waals surface area (Å²) in [7, 11) is 1.97. The summed E-state index contributed by atoms with van der Waals surface area (Å²) in [4.78, 5) is 2.22. The van der Waals surface area contributed by atoms with E-state index in [1.54, 1.807) is 0 Å². The molecule has 0 radical (unpaired) electrons. The predicted molar refractivity (Wildman–Crippen MR) is 74.6 cm³/mol. The number of nitrogens with zero attached hydrogens (tertiary/aromatic N) is 1. The van der Waals surface area contributed by atoms with Crippen LogP contribution in [0.3, 0.4) is 0 Å². The normalized spacial score (nSPS) is 19.2. The number of aliphatic hydroxyl groups is 1. The second-order valence-corrected chi connectivity index (χ2v) is 5.47. The number of halogens is 2. The molecule has 0 amide bonds.